The third-order valence-corrected chi connectivity index (χ3v) is 5.94. The fraction of sp³-hybridized carbons (Fsp3) is 0.333. The number of thiophene rings is 1. The molecule has 7 heteroatoms. The Balaban J connectivity index is 1.70. The summed E-state index contributed by atoms with van der Waals surface area (Å²) in [7, 11) is 0. The smallest absolute Gasteiger partial charge is 0.266 e. The van der Waals surface area contributed by atoms with E-state index in [0.29, 0.717) is 20.5 Å². The zero-order valence-corrected chi connectivity index (χ0v) is 14.4. The van der Waals surface area contributed by atoms with Gasteiger partial charge in [0.05, 0.1) is 4.88 Å². The lowest BCUT2D eigenvalue weighted by Gasteiger charge is -2.26. The summed E-state index contributed by atoms with van der Waals surface area (Å²) >= 11 is 1.18. The van der Waals surface area contributed by atoms with E-state index in [0.717, 1.165) is 31.1 Å². The van der Waals surface area contributed by atoms with E-state index in [1.807, 2.05) is 0 Å². The van der Waals surface area contributed by atoms with Gasteiger partial charge in [-0.3, -0.25) is 9.59 Å². The van der Waals surface area contributed by atoms with E-state index in [1.54, 1.807) is 18.2 Å². The number of phenolic OH excluding ortho intramolecular Hbond substituents is 1. The molecule has 25 heavy (non-hydrogen) atoms. The van der Waals surface area contributed by atoms with Crippen molar-refractivity contribution in [2.75, 3.05) is 0 Å². The lowest BCUT2D eigenvalue weighted by Crippen LogP contribution is -2.40. The highest BCUT2D eigenvalue weighted by atomic mass is 32.1. The number of pyridine rings is 1. The van der Waals surface area contributed by atoms with Crippen LogP contribution in [0, 0.1) is 0 Å². The number of hydrogen-bond donors (Lipinski definition) is 4. The molecule has 1 saturated carbocycles. The van der Waals surface area contributed by atoms with Crippen molar-refractivity contribution < 1.29 is 9.90 Å². The van der Waals surface area contributed by atoms with Crippen LogP contribution in [0.5, 0.6) is 5.75 Å². The summed E-state index contributed by atoms with van der Waals surface area (Å²) in [5, 5.41) is 14.2. The van der Waals surface area contributed by atoms with Gasteiger partial charge in [0.25, 0.3) is 11.5 Å². The molecular formula is C18H19N3O3S. The van der Waals surface area contributed by atoms with Crippen LogP contribution in [0.1, 0.15) is 35.4 Å². The summed E-state index contributed by atoms with van der Waals surface area (Å²) in [5.74, 6) is -0.0361. The lowest BCUT2D eigenvalue weighted by molar-refractivity contribution is 0.0930. The quantitative estimate of drug-likeness (QED) is 0.565. The lowest BCUT2D eigenvalue weighted by atomic mass is 9.92. The number of carbonyl (C=O) groups is 1. The first-order chi connectivity index (χ1) is 12.0. The summed E-state index contributed by atoms with van der Waals surface area (Å²) in [6.45, 7) is 0. The predicted octanol–water partition coefficient (Wildman–Crippen LogP) is 2.45. The number of amides is 1. The zero-order chi connectivity index (χ0) is 17.6. The molecular weight excluding hydrogens is 338 g/mol. The molecule has 1 aliphatic rings. The third-order valence-electron chi connectivity index (χ3n) is 4.81. The highest BCUT2D eigenvalue weighted by Gasteiger charge is 2.22. The number of fused-ring (bicyclic) bond motifs is 3. The Kier molecular flexibility index (Phi) is 3.97. The Morgan fingerprint density at radius 1 is 1.20 bits per heavy atom. The standard InChI is InChI=1S/C18H19N3O3S/c19-9-1-3-10(4-2-9)20-17(23)15-8-13-12-7-11(22)5-6-14(12)21-18(24)16(13)25-15/h5-10,22H,1-4,19H2,(H,20,23)(H,21,24)/t9-,10-. The summed E-state index contributed by atoms with van der Waals surface area (Å²) in [4.78, 5) is 28.2. The number of phenols is 1. The van der Waals surface area contributed by atoms with E-state index >= 15 is 0 Å². The Labute approximate surface area is 147 Å². The van der Waals surface area contributed by atoms with E-state index in [1.165, 1.54) is 17.4 Å². The van der Waals surface area contributed by atoms with Gasteiger partial charge in [0.15, 0.2) is 0 Å². The van der Waals surface area contributed by atoms with Gasteiger partial charge < -0.3 is 21.1 Å². The van der Waals surface area contributed by atoms with Crippen molar-refractivity contribution in [2.45, 2.75) is 37.8 Å². The molecule has 0 bridgehead atoms. The normalized spacial score (nSPS) is 20.8. The van der Waals surface area contributed by atoms with Crippen molar-refractivity contribution in [3.05, 3.63) is 39.5 Å². The van der Waals surface area contributed by atoms with Gasteiger partial charge in [0, 0.05) is 28.4 Å². The molecule has 0 atom stereocenters. The van der Waals surface area contributed by atoms with Gasteiger partial charge in [-0.1, -0.05) is 0 Å². The maximum atomic E-state index is 12.6. The van der Waals surface area contributed by atoms with Gasteiger partial charge in [0.1, 0.15) is 10.4 Å². The molecule has 5 N–H and O–H groups in total. The number of aromatic hydroxyl groups is 1. The summed E-state index contributed by atoms with van der Waals surface area (Å²) in [6, 6.07) is 6.89. The molecule has 0 spiro atoms. The van der Waals surface area contributed by atoms with Crippen LogP contribution in [-0.2, 0) is 0 Å². The first-order valence-electron chi connectivity index (χ1n) is 8.36. The van der Waals surface area contributed by atoms with Crippen LogP contribution in [-0.4, -0.2) is 28.1 Å². The zero-order valence-electron chi connectivity index (χ0n) is 13.5. The Hall–Kier alpha value is -2.38. The van der Waals surface area contributed by atoms with E-state index in [2.05, 4.69) is 10.3 Å². The number of carbonyl (C=O) groups excluding carboxylic acids is 1. The summed E-state index contributed by atoms with van der Waals surface area (Å²) in [5.41, 5.74) is 6.32. The molecule has 0 saturated heterocycles. The molecule has 1 fully saturated rings. The first-order valence-corrected chi connectivity index (χ1v) is 9.18. The number of hydrogen-bond acceptors (Lipinski definition) is 5. The van der Waals surface area contributed by atoms with Gasteiger partial charge in [-0.05, 0) is 49.9 Å². The summed E-state index contributed by atoms with van der Waals surface area (Å²) in [6.07, 6.45) is 3.60. The van der Waals surface area contributed by atoms with Crippen molar-refractivity contribution in [3.63, 3.8) is 0 Å². The van der Waals surface area contributed by atoms with Crippen LogP contribution < -0.4 is 16.6 Å². The van der Waals surface area contributed by atoms with Crippen LogP contribution in [0.3, 0.4) is 0 Å². The van der Waals surface area contributed by atoms with Crippen LogP contribution in [0.2, 0.25) is 0 Å². The van der Waals surface area contributed by atoms with Gasteiger partial charge >= 0.3 is 0 Å². The monoisotopic (exact) mass is 357 g/mol. The van der Waals surface area contributed by atoms with E-state index < -0.39 is 0 Å². The van der Waals surface area contributed by atoms with Gasteiger partial charge in [-0.15, -0.1) is 11.3 Å². The topological polar surface area (TPSA) is 108 Å². The molecule has 6 nitrogen and oxygen atoms in total. The number of rotatable bonds is 2. The van der Waals surface area contributed by atoms with Crippen molar-refractivity contribution in [2.24, 2.45) is 5.73 Å². The molecule has 130 valence electrons. The molecule has 1 amide bonds. The maximum absolute atomic E-state index is 12.6. The molecule has 2 heterocycles. The number of nitrogens with two attached hydrogens (primary N) is 1. The van der Waals surface area contributed by atoms with Crippen molar-refractivity contribution in [1.29, 1.82) is 0 Å². The third kappa shape index (κ3) is 3.01. The van der Waals surface area contributed by atoms with E-state index in [4.69, 9.17) is 5.73 Å². The highest BCUT2D eigenvalue weighted by molar-refractivity contribution is 7.20. The maximum Gasteiger partial charge on any atom is 0.266 e. The SMILES string of the molecule is N[C@H]1CC[C@H](NC(=O)c2cc3c(s2)c(=O)[nH]c2ccc(O)cc23)CC1. The molecule has 2 aromatic heterocycles. The fourth-order valence-electron chi connectivity index (χ4n) is 3.43. The second kappa shape index (κ2) is 6.16. The Bertz CT molecular complexity index is 1020. The number of aromatic amines is 1. The Morgan fingerprint density at radius 3 is 2.72 bits per heavy atom. The number of H-pyrrole nitrogens is 1. The average molecular weight is 357 g/mol. The second-order valence-electron chi connectivity index (χ2n) is 6.62. The fourth-order valence-corrected chi connectivity index (χ4v) is 4.41. The molecule has 0 unspecified atom stereocenters. The summed E-state index contributed by atoms with van der Waals surface area (Å²) < 4.78 is 0.494. The van der Waals surface area contributed by atoms with Crippen LogP contribution in [0.15, 0.2) is 29.1 Å². The van der Waals surface area contributed by atoms with Crippen molar-refractivity contribution in [3.8, 4) is 5.75 Å². The minimum atomic E-state index is -0.221. The molecule has 1 aromatic carbocycles. The average Bonchev–Trinajstić information content (AvgIpc) is 3.04. The van der Waals surface area contributed by atoms with Crippen LogP contribution >= 0.6 is 11.3 Å². The molecule has 4 rings (SSSR count). The van der Waals surface area contributed by atoms with Crippen molar-refractivity contribution in [1.82, 2.24) is 10.3 Å². The van der Waals surface area contributed by atoms with Gasteiger partial charge in [-0.2, -0.15) is 0 Å². The van der Waals surface area contributed by atoms with Gasteiger partial charge in [-0.25, -0.2) is 0 Å². The molecule has 0 radical (unpaired) electrons. The molecule has 1 aliphatic carbocycles. The van der Waals surface area contributed by atoms with E-state index in [9.17, 15) is 14.7 Å². The van der Waals surface area contributed by atoms with Gasteiger partial charge in [0.2, 0.25) is 0 Å². The largest absolute Gasteiger partial charge is 0.508 e. The van der Waals surface area contributed by atoms with Crippen LogP contribution in [0.25, 0.3) is 21.0 Å². The second-order valence-corrected chi connectivity index (χ2v) is 7.67. The van der Waals surface area contributed by atoms with Crippen LogP contribution in [0.4, 0.5) is 0 Å². The van der Waals surface area contributed by atoms with Crippen molar-refractivity contribution >= 4 is 38.2 Å². The highest BCUT2D eigenvalue weighted by Crippen LogP contribution is 2.30. The number of benzene rings is 1. The van der Waals surface area contributed by atoms with E-state index in [-0.39, 0.29) is 29.3 Å². The predicted molar refractivity (Wildman–Crippen MR) is 99.3 cm³/mol. The first kappa shape index (κ1) is 16.1. The minimum absolute atomic E-state index is 0.122. The Morgan fingerprint density at radius 2 is 1.96 bits per heavy atom. The minimum Gasteiger partial charge on any atom is -0.508 e. The number of nitrogens with one attached hydrogen (secondary N) is 2. The number of aromatic nitrogens is 1. The molecule has 3 aromatic rings. The molecule has 0 aliphatic heterocycles.